The quantitative estimate of drug-likeness (QED) is 0.797. The number of amides is 1. The van der Waals surface area contributed by atoms with Gasteiger partial charge in [-0.3, -0.25) is 4.79 Å². The number of rotatable bonds is 7. The number of ether oxygens (including phenoxy) is 2. The maximum atomic E-state index is 11.7. The smallest absolute Gasteiger partial charge is 0.344 e. The Bertz CT molecular complexity index is 711. The summed E-state index contributed by atoms with van der Waals surface area (Å²) in [5, 5.41) is 1.89. The molecule has 0 aliphatic carbocycles. The predicted molar refractivity (Wildman–Crippen MR) is 88.3 cm³/mol. The number of hydrogen-bond acceptors (Lipinski definition) is 4. The number of carbonyl (C=O) groups is 2. The van der Waals surface area contributed by atoms with Gasteiger partial charge in [0.15, 0.2) is 6.61 Å². The van der Waals surface area contributed by atoms with Crippen LogP contribution in [0.25, 0.3) is 10.8 Å². The fourth-order valence-corrected chi connectivity index (χ4v) is 2.59. The molecule has 2 aromatic carbocycles. The van der Waals surface area contributed by atoms with Gasteiger partial charge in [0, 0.05) is 0 Å². The van der Waals surface area contributed by atoms with Gasteiger partial charge in [0.1, 0.15) is 5.75 Å². The van der Waals surface area contributed by atoms with Crippen molar-refractivity contribution in [1.82, 2.24) is 0 Å². The monoisotopic (exact) mass is 315 g/mol. The Morgan fingerprint density at radius 2 is 1.96 bits per heavy atom. The molecule has 5 nitrogen and oxygen atoms in total. The van der Waals surface area contributed by atoms with Crippen molar-refractivity contribution in [3.05, 3.63) is 42.0 Å². The van der Waals surface area contributed by atoms with Crippen molar-refractivity contribution in [1.29, 1.82) is 0 Å². The molecule has 0 saturated heterocycles. The molecule has 0 aliphatic heterocycles. The van der Waals surface area contributed by atoms with Crippen molar-refractivity contribution >= 4 is 22.6 Å². The lowest BCUT2D eigenvalue weighted by Crippen LogP contribution is -2.21. The number of carbonyl (C=O) groups excluding carboxylic acids is 2. The second-order valence-electron chi connectivity index (χ2n) is 5.19. The Kier molecular flexibility index (Phi) is 5.57. The summed E-state index contributed by atoms with van der Waals surface area (Å²) in [6.45, 7) is 3.85. The molecule has 2 N–H and O–H groups in total. The first-order chi connectivity index (χ1) is 11.1. The lowest BCUT2D eigenvalue weighted by molar-refractivity contribution is -0.145. The molecule has 0 fully saturated rings. The van der Waals surface area contributed by atoms with Crippen molar-refractivity contribution in [2.24, 2.45) is 5.73 Å². The minimum absolute atomic E-state index is 0.144. The number of nitrogens with two attached hydrogens (primary N) is 1. The third-order valence-electron chi connectivity index (χ3n) is 3.68. The van der Waals surface area contributed by atoms with Crippen LogP contribution in [-0.4, -0.2) is 25.1 Å². The first-order valence-electron chi connectivity index (χ1n) is 7.67. The molecule has 1 atom stereocenters. The fraction of sp³-hybridized carbons (Fsp3) is 0.333. The minimum atomic E-state index is -0.413. The van der Waals surface area contributed by atoms with Crippen LogP contribution in [0.15, 0.2) is 36.4 Å². The van der Waals surface area contributed by atoms with Crippen LogP contribution in [0.5, 0.6) is 5.75 Å². The molecule has 1 unspecified atom stereocenters. The number of fused-ring (bicyclic) bond motifs is 1. The van der Waals surface area contributed by atoms with E-state index < -0.39 is 5.97 Å². The molecule has 0 aromatic heterocycles. The molecular formula is C18H21NO4. The van der Waals surface area contributed by atoms with E-state index in [1.54, 1.807) is 13.0 Å². The molecule has 2 aromatic rings. The van der Waals surface area contributed by atoms with Gasteiger partial charge in [-0.25, -0.2) is 4.79 Å². The molecule has 5 heteroatoms. The highest BCUT2D eigenvalue weighted by molar-refractivity contribution is 5.93. The molecule has 23 heavy (non-hydrogen) atoms. The summed E-state index contributed by atoms with van der Waals surface area (Å²) in [6, 6.07) is 11.3. The minimum Gasteiger partial charge on any atom is -0.482 e. The lowest BCUT2D eigenvalue weighted by atomic mass is 9.91. The molecule has 0 saturated carbocycles. The summed E-state index contributed by atoms with van der Waals surface area (Å²) >= 11 is 0. The van der Waals surface area contributed by atoms with E-state index in [1.807, 2.05) is 37.3 Å². The maximum absolute atomic E-state index is 11.7. The SMILES string of the molecule is CCOC(=O)COc1ccc2cccc(C(CC)C(N)=O)c2c1. The first kappa shape index (κ1) is 16.8. The van der Waals surface area contributed by atoms with Crippen molar-refractivity contribution in [3.63, 3.8) is 0 Å². The predicted octanol–water partition coefficient (Wildman–Crippen LogP) is 2.76. The van der Waals surface area contributed by atoms with Crippen molar-refractivity contribution in [2.45, 2.75) is 26.2 Å². The normalized spacial score (nSPS) is 11.9. The third-order valence-corrected chi connectivity index (χ3v) is 3.68. The molecule has 0 heterocycles. The van der Waals surface area contributed by atoms with E-state index in [4.69, 9.17) is 15.2 Å². The zero-order chi connectivity index (χ0) is 16.8. The van der Waals surface area contributed by atoms with Crippen molar-refractivity contribution < 1.29 is 19.1 Å². The van der Waals surface area contributed by atoms with Gasteiger partial charge in [-0.1, -0.05) is 31.2 Å². The van der Waals surface area contributed by atoms with Gasteiger partial charge in [-0.15, -0.1) is 0 Å². The molecule has 1 amide bonds. The van der Waals surface area contributed by atoms with Crippen LogP contribution in [0.4, 0.5) is 0 Å². The highest BCUT2D eigenvalue weighted by Crippen LogP contribution is 2.30. The fourth-order valence-electron chi connectivity index (χ4n) is 2.59. The van der Waals surface area contributed by atoms with Crippen LogP contribution in [0.2, 0.25) is 0 Å². The Hall–Kier alpha value is -2.56. The Morgan fingerprint density at radius 1 is 1.17 bits per heavy atom. The van der Waals surface area contributed by atoms with Crippen LogP contribution in [0.3, 0.4) is 0 Å². The lowest BCUT2D eigenvalue weighted by Gasteiger charge is -2.15. The zero-order valence-corrected chi connectivity index (χ0v) is 13.4. The van der Waals surface area contributed by atoms with E-state index in [1.165, 1.54) is 0 Å². The van der Waals surface area contributed by atoms with Gasteiger partial charge >= 0.3 is 5.97 Å². The van der Waals surface area contributed by atoms with E-state index in [-0.39, 0.29) is 18.4 Å². The van der Waals surface area contributed by atoms with E-state index in [0.717, 1.165) is 16.3 Å². The Morgan fingerprint density at radius 3 is 2.61 bits per heavy atom. The van der Waals surface area contributed by atoms with Crippen LogP contribution < -0.4 is 10.5 Å². The van der Waals surface area contributed by atoms with Gasteiger partial charge in [-0.05, 0) is 41.8 Å². The van der Waals surface area contributed by atoms with Crippen LogP contribution >= 0.6 is 0 Å². The molecule has 0 aliphatic rings. The number of hydrogen-bond donors (Lipinski definition) is 1. The number of primary amides is 1. The molecule has 0 radical (unpaired) electrons. The van der Waals surface area contributed by atoms with Crippen LogP contribution in [-0.2, 0) is 14.3 Å². The molecule has 122 valence electrons. The van der Waals surface area contributed by atoms with E-state index in [9.17, 15) is 9.59 Å². The summed E-state index contributed by atoms with van der Waals surface area (Å²) < 4.78 is 10.3. The van der Waals surface area contributed by atoms with Gasteiger partial charge < -0.3 is 15.2 Å². The molecule has 2 rings (SSSR count). The summed E-state index contributed by atoms with van der Waals surface area (Å²) in [6.07, 6.45) is 0.627. The largest absolute Gasteiger partial charge is 0.482 e. The topological polar surface area (TPSA) is 78.6 Å². The van der Waals surface area contributed by atoms with E-state index in [2.05, 4.69) is 0 Å². The summed E-state index contributed by atoms with van der Waals surface area (Å²) in [4.78, 5) is 23.1. The van der Waals surface area contributed by atoms with Crippen molar-refractivity contribution in [3.8, 4) is 5.75 Å². The summed E-state index contributed by atoms with van der Waals surface area (Å²) in [5.74, 6) is -0.557. The second-order valence-corrected chi connectivity index (χ2v) is 5.19. The van der Waals surface area contributed by atoms with Gasteiger partial charge in [0.25, 0.3) is 0 Å². The molecule has 0 spiro atoms. The maximum Gasteiger partial charge on any atom is 0.344 e. The molecular weight excluding hydrogens is 294 g/mol. The average Bonchev–Trinajstić information content (AvgIpc) is 2.53. The van der Waals surface area contributed by atoms with Crippen LogP contribution in [0, 0.1) is 0 Å². The highest BCUT2D eigenvalue weighted by Gasteiger charge is 2.18. The average molecular weight is 315 g/mol. The van der Waals surface area contributed by atoms with Gasteiger partial charge in [-0.2, -0.15) is 0 Å². The van der Waals surface area contributed by atoms with Gasteiger partial charge in [0.2, 0.25) is 5.91 Å². The summed E-state index contributed by atoms with van der Waals surface area (Å²) in [7, 11) is 0. The van der Waals surface area contributed by atoms with Gasteiger partial charge in [0.05, 0.1) is 12.5 Å². The van der Waals surface area contributed by atoms with Crippen molar-refractivity contribution in [2.75, 3.05) is 13.2 Å². The summed E-state index contributed by atoms with van der Waals surface area (Å²) in [5.41, 5.74) is 6.38. The number of benzene rings is 2. The van der Waals surface area contributed by atoms with E-state index in [0.29, 0.717) is 18.8 Å². The van der Waals surface area contributed by atoms with E-state index >= 15 is 0 Å². The Balaban J connectivity index is 2.33. The Labute approximate surface area is 135 Å². The van der Waals surface area contributed by atoms with Crippen LogP contribution in [0.1, 0.15) is 31.7 Å². The molecule has 0 bridgehead atoms. The first-order valence-corrected chi connectivity index (χ1v) is 7.67. The number of esters is 1. The third kappa shape index (κ3) is 4.00. The zero-order valence-electron chi connectivity index (χ0n) is 13.4. The standard InChI is InChI=1S/C18H21NO4/c1-3-14(18(19)21)15-7-5-6-12-8-9-13(10-16(12)15)23-11-17(20)22-4-2/h5-10,14H,3-4,11H2,1-2H3,(H2,19,21). The second kappa shape index (κ2) is 7.63. The highest BCUT2D eigenvalue weighted by atomic mass is 16.6.